The highest BCUT2D eigenvalue weighted by Crippen LogP contribution is 2.26. The fourth-order valence-electron chi connectivity index (χ4n) is 1.64. The summed E-state index contributed by atoms with van der Waals surface area (Å²) in [5, 5.41) is 14.1. The number of nitro groups is 1. The summed E-state index contributed by atoms with van der Waals surface area (Å²) in [6, 6.07) is 4.79. The van der Waals surface area contributed by atoms with Crippen LogP contribution in [-0.2, 0) is 0 Å². The summed E-state index contributed by atoms with van der Waals surface area (Å²) in [5.41, 5.74) is 6.30. The van der Waals surface area contributed by atoms with Gasteiger partial charge in [-0.1, -0.05) is 13.8 Å². The van der Waals surface area contributed by atoms with Crippen LogP contribution in [0.15, 0.2) is 18.2 Å². The molecule has 1 aromatic carbocycles. The molecule has 106 valence electrons. The molecule has 6 nitrogen and oxygen atoms in total. The molecule has 6 heteroatoms. The highest BCUT2D eigenvalue weighted by atomic mass is 16.6. The number of nitrogens with one attached hydrogen (secondary N) is 1. The zero-order valence-corrected chi connectivity index (χ0v) is 11.4. The molecule has 0 aliphatic rings. The first-order valence-corrected chi connectivity index (χ1v) is 6.49. The molecule has 0 aliphatic heterocycles. The van der Waals surface area contributed by atoms with Gasteiger partial charge in [0.15, 0.2) is 0 Å². The molecule has 1 rings (SSSR count). The van der Waals surface area contributed by atoms with Gasteiger partial charge in [0, 0.05) is 30.4 Å². The molecule has 0 saturated heterocycles. The van der Waals surface area contributed by atoms with Gasteiger partial charge in [-0.3, -0.25) is 10.1 Å². The fourth-order valence-corrected chi connectivity index (χ4v) is 1.64. The number of rotatable bonds is 8. The highest BCUT2D eigenvalue weighted by molar-refractivity contribution is 5.56. The summed E-state index contributed by atoms with van der Waals surface area (Å²) in [4.78, 5) is 10.5. The van der Waals surface area contributed by atoms with Crippen molar-refractivity contribution in [2.45, 2.75) is 32.7 Å². The molecule has 0 bridgehead atoms. The third kappa shape index (κ3) is 4.75. The molecular formula is C13H21N3O3. The standard InChI is InChI=1S/C13H21N3O3/c1-3-5-19-13-7-11(15-10(4-2)9-14)6-12(8-13)16(17)18/h6-8,10,15H,3-5,9,14H2,1-2H3. The summed E-state index contributed by atoms with van der Waals surface area (Å²) in [7, 11) is 0. The molecule has 1 atom stereocenters. The van der Waals surface area contributed by atoms with Crippen LogP contribution in [0.25, 0.3) is 0 Å². The Labute approximate surface area is 113 Å². The maximum atomic E-state index is 10.9. The monoisotopic (exact) mass is 267 g/mol. The molecule has 0 amide bonds. The van der Waals surface area contributed by atoms with Crippen LogP contribution in [0.2, 0.25) is 0 Å². The van der Waals surface area contributed by atoms with Crippen molar-refractivity contribution in [3.63, 3.8) is 0 Å². The van der Waals surface area contributed by atoms with Crippen molar-refractivity contribution < 1.29 is 9.66 Å². The van der Waals surface area contributed by atoms with E-state index < -0.39 is 4.92 Å². The van der Waals surface area contributed by atoms with Gasteiger partial charge in [0.05, 0.1) is 17.6 Å². The normalized spacial score (nSPS) is 11.9. The van der Waals surface area contributed by atoms with Crippen LogP contribution in [-0.4, -0.2) is 24.1 Å². The van der Waals surface area contributed by atoms with Crippen molar-refractivity contribution in [3.05, 3.63) is 28.3 Å². The van der Waals surface area contributed by atoms with Crippen LogP contribution < -0.4 is 15.8 Å². The lowest BCUT2D eigenvalue weighted by atomic mass is 10.2. The first-order valence-electron chi connectivity index (χ1n) is 6.49. The summed E-state index contributed by atoms with van der Waals surface area (Å²) >= 11 is 0. The second-order valence-corrected chi connectivity index (χ2v) is 4.31. The lowest BCUT2D eigenvalue weighted by molar-refractivity contribution is -0.384. The fraction of sp³-hybridized carbons (Fsp3) is 0.538. The molecule has 0 radical (unpaired) electrons. The van der Waals surface area contributed by atoms with Gasteiger partial charge in [-0.15, -0.1) is 0 Å². The molecule has 3 N–H and O–H groups in total. The van der Waals surface area contributed by atoms with Crippen molar-refractivity contribution in [2.24, 2.45) is 5.73 Å². The number of ether oxygens (including phenoxy) is 1. The summed E-state index contributed by atoms with van der Waals surface area (Å²) < 4.78 is 5.46. The zero-order chi connectivity index (χ0) is 14.3. The van der Waals surface area contributed by atoms with E-state index >= 15 is 0 Å². The molecule has 0 saturated carbocycles. The highest BCUT2D eigenvalue weighted by Gasteiger charge is 2.12. The molecule has 0 fully saturated rings. The van der Waals surface area contributed by atoms with Crippen molar-refractivity contribution >= 4 is 11.4 Å². The average Bonchev–Trinajstić information content (AvgIpc) is 2.42. The van der Waals surface area contributed by atoms with Crippen LogP contribution in [0.1, 0.15) is 26.7 Å². The zero-order valence-electron chi connectivity index (χ0n) is 11.4. The molecule has 0 heterocycles. The smallest absolute Gasteiger partial charge is 0.275 e. The van der Waals surface area contributed by atoms with Crippen LogP contribution >= 0.6 is 0 Å². The first-order chi connectivity index (χ1) is 9.10. The van der Waals surface area contributed by atoms with E-state index in [4.69, 9.17) is 10.5 Å². The SMILES string of the molecule is CCCOc1cc(NC(CC)CN)cc([N+](=O)[O-])c1. The van der Waals surface area contributed by atoms with Gasteiger partial charge in [0.25, 0.3) is 5.69 Å². The second kappa shape index (κ2) is 7.58. The van der Waals surface area contributed by atoms with Gasteiger partial charge in [-0.05, 0) is 12.8 Å². The van der Waals surface area contributed by atoms with E-state index in [1.165, 1.54) is 12.1 Å². The van der Waals surface area contributed by atoms with E-state index in [0.29, 0.717) is 24.6 Å². The lowest BCUT2D eigenvalue weighted by Gasteiger charge is -2.16. The molecule has 0 aromatic heterocycles. The average molecular weight is 267 g/mol. The number of nitrogens with two attached hydrogens (primary N) is 1. The number of anilines is 1. The third-order valence-corrected chi connectivity index (χ3v) is 2.72. The molecule has 1 unspecified atom stereocenters. The van der Waals surface area contributed by atoms with Gasteiger partial charge < -0.3 is 15.8 Å². The Morgan fingerprint density at radius 2 is 2.16 bits per heavy atom. The Morgan fingerprint density at radius 3 is 2.68 bits per heavy atom. The second-order valence-electron chi connectivity index (χ2n) is 4.31. The quantitative estimate of drug-likeness (QED) is 0.558. The summed E-state index contributed by atoms with van der Waals surface area (Å²) in [6.07, 6.45) is 1.70. The summed E-state index contributed by atoms with van der Waals surface area (Å²) in [6.45, 7) is 5.01. The molecule has 1 aromatic rings. The minimum atomic E-state index is -0.423. The van der Waals surface area contributed by atoms with Crippen LogP contribution in [0, 0.1) is 10.1 Å². The lowest BCUT2D eigenvalue weighted by Crippen LogP contribution is -2.27. The Bertz CT molecular complexity index is 420. The number of nitrogens with zero attached hydrogens (tertiary/aromatic N) is 1. The third-order valence-electron chi connectivity index (χ3n) is 2.72. The molecule has 0 spiro atoms. The Hall–Kier alpha value is -1.82. The minimum absolute atomic E-state index is 0.0166. The van der Waals surface area contributed by atoms with E-state index in [0.717, 1.165) is 12.8 Å². The van der Waals surface area contributed by atoms with Gasteiger partial charge in [0.2, 0.25) is 0 Å². The van der Waals surface area contributed by atoms with Crippen molar-refractivity contribution in [2.75, 3.05) is 18.5 Å². The molecule has 0 aliphatic carbocycles. The summed E-state index contributed by atoms with van der Waals surface area (Å²) in [5.74, 6) is 0.505. The van der Waals surface area contributed by atoms with Gasteiger partial charge in [-0.2, -0.15) is 0 Å². The number of nitro benzene ring substituents is 1. The maximum Gasteiger partial charge on any atom is 0.275 e. The van der Waals surface area contributed by atoms with E-state index in [9.17, 15) is 10.1 Å². The topological polar surface area (TPSA) is 90.4 Å². The first kappa shape index (κ1) is 15.2. The van der Waals surface area contributed by atoms with Crippen molar-refractivity contribution in [1.29, 1.82) is 0 Å². The number of non-ortho nitro benzene ring substituents is 1. The largest absolute Gasteiger partial charge is 0.493 e. The maximum absolute atomic E-state index is 10.9. The van der Waals surface area contributed by atoms with E-state index in [2.05, 4.69) is 5.32 Å². The van der Waals surface area contributed by atoms with Crippen LogP contribution in [0.5, 0.6) is 5.75 Å². The minimum Gasteiger partial charge on any atom is -0.493 e. The van der Waals surface area contributed by atoms with Gasteiger partial charge in [-0.25, -0.2) is 0 Å². The Kier molecular flexibility index (Phi) is 6.08. The van der Waals surface area contributed by atoms with Crippen LogP contribution in [0.3, 0.4) is 0 Å². The van der Waals surface area contributed by atoms with Crippen LogP contribution in [0.4, 0.5) is 11.4 Å². The Balaban J connectivity index is 2.95. The number of benzene rings is 1. The van der Waals surface area contributed by atoms with E-state index in [-0.39, 0.29) is 11.7 Å². The van der Waals surface area contributed by atoms with E-state index in [1.807, 2.05) is 13.8 Å². The Morgan fingerprint density at radius 1 is 1.42 bits per heavy atom. The number of hydrogen-bond donors (Lipinski definition) is 2. The molecule has 19 heavy (non-hydrogen) atoms. The van der Waals surface area contributed by atoms with E-state index in [1.54, 1.807) is 6.07 Å². The van der Waals surface area contributed by atoms with Crippen molar-refractivity contribution in [3.8, 4) is 5.75 Å². The molecular weight excluding hydrogens is 246 g/mol. The number of hydrogen-bond acceptors (Lipinski definition) is 5. The predicted octanol–water partition coefficient (Wildman–Crippen LogP) is 2.53. The van der Waals surface area contributed by atoms with Crippen molar-refractivity contribution in [1.82, 2.24) is 0 Å². The van der Waals surface area contributed by atoms with Gasteiger partial charge >= 0.3 is 0 Å². The predicted molar refractivity (Wildman–Crippen MR) is 75.6 cm³/mol. The van der Waals surface area contributed by atoms with Gasteiger partial charge in [0.1, 0.15) is 5.75 Å².